The molecule has 0 bridgehead atoms. The normalized spacial score (nSPS) is 20.3. The Morgan fingerprint density at radius 2 is 2.00 bits per heavy atom. The topological polar surface area (TPSA) is 83.8 Å². The lowest BCUT2D eigenvalue weighted by atomic mass is 9.97. The van der Waals surface area contributed by atoms with Gasteiger partial charge >= 0.3 is 0 Å². The van der Waals surface area contributed by atoms with Crippen LogP contribution in [0.5, 0.6) is 0 Å². The Labute approximate surface area is 233 Å². The SMILES string of the molecule is Cc1c(C(=O)NC(c2cc3ccccc3[nH]2)c2ncn3c2C[C@@H](F)C3)nn(C2CC2)c1C#CC1CCN(C)CC1. The molecule has 1 unspecified atom stereocenters. The van der Waals surface area contributed by atoms with Crippen molar-refractivity contribution in [1.82, 2.24) is 34.5 Å². The van der Waals surface area contributed by atoms with E-state index in [0.29, 0.717) is 29.9 Å². The number of carbonyl (C=O) groups is 1. The molecule has 1 aliphatic carbocycles. The fraction of sp³-hybridized carbons (Fsp3) is 0.452. The molecule has 0 spiro atoms. The van der Waals surface area contributed by atoms with Crippen LogP contribution in [0.25, 0.3) is 10.9 Å². The van der Waals surface area contributed by atoms with Crippen molar-refractivity contribution in [2.24, 2.45) is 5.92 Å². The molecule has 2 fully saturated rings. The Bertz CT molecular complexity index is 1610. The van der Waals surface area contributed by atoms with Crippen molar-refractivity contribution < 1.29 is 9.18 Å². The van der Waals surface area contributed by atoms with E-state index in [4.69, 9.17) is 5.10 Å². The van der Waals surface area contributed by atoms with Crippen molar-refractivity contribution in [3.63, 3.8) is 0 Å². The van der Waals surface area contributed by atoms with Crippen LogP contribution in [0, 0.1) is 24.7 Å². The number of halogens is 1. The van der Waals surface area contributed by atoms with E-state index in [0.717, 1.165) is 72.3 Å². The fourth-order valence-electron chi connectivity index (χ4n) is 6.07. The lowest BCUT2D eigenvalue weighted by molar-refractivity contribution is 0.0935. The van der Waals surface area contributed by atoms with Crippen molar-refractivity contribution >= 4 is 16.8 Å². The fourth-order valence-corrected chi connectivity index (χ4v) is 6.07. The smallest absolute Gasteiger partial charge is 0.272 e. The monoisotopic (exact) mass is 539 g/mol. The number of hydrogen-bond acceptors (Lipinski definition) is 4. The number of likely N-dealkylation sites (tertiary alicyclic amines) is 1. The molecule has 2 aliphatic heterocycles. The molecule has 0 radical (unpaired) electrons. The summed E-state index contributed by atoms with van der Waals surface area (Å²) in [6.07, 6.45) is 5.24. The van der Waals surface area contributed by atoms with Gasteiger partial charge in [0.25, 0.3) is 5.91 Å². The van der Waals surface area contributed by atoms with Crippen LogP contribution in [-0.4, -0.2) is 61.4 Å². The molecule has 1 amide bonds. The third kappa shape index (κ3) is 4.60. The zero-order valence-electron chi connectivity index (χ0n) is 23.0. The standard InChI is InChI=1S/C31H34FN7O/c1-19-26(10-7-20-11-13-37(2)14-12-20)39(23-8-9-23)36-28(19)31(40)35-29(25-15-21-5-3-4-6-24(21)34-25)30-27-16-22(32)17-38(27)18-33-30/h3-6,15,18,20,22-23,29,34H,8-9,11-14,16-17H2,1-2H3,(H,35,40)/t22-,29?/m1/s1. The van der Waals surface area contributed by atoms with Gasteiger partial charge in [-0.3, -0.25) is 9.48 Å². The number of alkyl halides is 1. The first-order valence-electron chi connectivity index (χ1n) is 14.3. The highest BCUT2D eigenvalue weighted by Gasteiger charge is 2.34. The molecule has 3 aromatic heterocycles. The summed E-state index contributed by atoms with van der Waals surface area (Å²) in [5.74, 6) is 7.00. The van der Waals surface area contributed by atoms with Crippen molar-refractivity contribution in [3.05, 3.63) is 70.7 Å². The molecular formula is C31H34FN7O. The number of fused-ring (bicyclic) bond motifs is 2. The van der Waals surface area contributed by atoms with Crippen molar-refractivity contribution in [1.29, 1.82) is 0 Å². The zero-order valence-corrected chi connectivity index (χ0v) is 23.0. The Balaban J connectivity index is 1.23. The quantitative estimate of drug-likeness (QED) is 0.370. The van der Waals surface area contributed by atoms with Crippen LogP contribution in [0.15, 0.2) is 36.7 Å². The minimum Gasteiger partial charge on any atom is -0.356 e. The predicted molar refractivity (Wildman–Crippen MR) is 151 cm³/mol. The van der Waals surface area contributed by atoms with Gasteiger partial charge in [-0.25, -0.2) is 9.37 Å². The first kappa shape index (κ1) is 25.1. The highest BCUT2D eigenvalue weighted by molar-refractivity contribution is 5.95. The van der Waals surface area contributed by atoms with Gasteiger partial charge in [-0.1, -0.05) is 24.1 Å². The van der Waals surface area contributed by atoms with Gasteiger partial charge in [-0.2, -0.15) is 5.10 Å². The average molecular weight is 540 g/mol. The summed E-state index contributed by atoms with van der Waals surface area (Å²) in [6, 6.07) is 9.74. The maximum atomic E-state index is 14.3. The molecule has 3 aliphatic rings. The first-order valence-corrected chi connectivity index (χ1v) is 14.3. The number of nitrogens with zero attached hydrogens (tertiary/aromatic N) is 5. The zero-order chi connectivity index (χ0) is 27.4. The number of rotatable bonds is 5. The first-order chi connectivity index (χ1) is 19.4. The van der Waals surface area contributed by atoms with Gasteiger partial charge in [0.2, 0.25) is 0 Å². The molecule has 7 rings (SSSR count). The van der Waals surface area contributed by atoms with E-state index < -0.39 is 12.2 Å². The molecule has 8 nitrogen and oxygen atoms in total. The lowest BCUT2D eigenvalue weighted by Gasteiger charge is -2.25. The Kier molecular flexibility index (Phi) is 6.23. The number of imidazole rings is 1. The molecule has 1 saturated heterocycles. The molecule has 1 aromatic carbocycles. The summed E-state index contributed by atoms with van der Waals surface area (Å²) >= 11 is 0. The van der Waals surface area contributed by atoms with Crippen LogP contribution >= 0.6 is 0 Å². The van der Waals surface area contributed by atoms with Crippen LogP contribution in [0.4, 0.5) is 4.39 Å². The third-order valence-electron chi connectivity index (χ3n) is 8.57. The summed E-state index contributed by atoms with van der Waals surface area (Å²) in [7, 11) is 2.15. The molecule has 4 aromatic rings. The summed E-state index contributed by atoms with van der Waals surface area (Å²) in [6.45, 7) is 4.35. The van der Waals surface area contributed by atoms with E-state index in [1.54, 1.807) is 6.33 Å². The van der Waals surface area contributed by atoms with Crippen molar-refractivity contribution in [3.8, 4) is 11.8 Å². The molecule has 40 heavy (non-hydrogen) atoms. The highest BCUT2D eigenvalue weighted by atomic mass is 19.1. The second-order valence-electron chi connectivity index (χ2n) is 11.6. The molecule has 206 valence electrons. The Morgan fingerprint density at radius 3 is 2.77 bits per heavy atom. The Morgan fingerprint density at radius 1 is 1.20 bits per heavy atom. The molecule has 5 heterocycles. The van der Waals surface area contributed by atoms with Gasteiger partial charge < -0.3 is 19.8 Å². The van der Waals surface area contributed by atoms with Gasteiger partial charge in [0.1, 0.15) is 17.9 Å². The number of amides is 1. The van der Waals surface area contributed by atoms with Crippen molar-refractivity contribution in [2.45, 2.75) is 63.8 Å². The summed E-state index contributed by atoms with van der Waals surface area (Å²) < 4.78 is 18.1. The molecule has 1 saturated carbocycles. The number of piperidine rings is 1. The number of benzene rings is 1. The Hall–Kier alpha value is -3.90. The van der Waals surface area contributed by atoms with E-state index >= 15 is 0 Å². The number of hydrogen-bond donors (Lipinski definition) is 2. The summed E-state index contributed by atoms with van der Waals surface area (Å²) in [4.78, 5) is 24.4. The average Bonchev–Trinajstić information content (AvgIpc) is 3.24. The van der Waals surface area contributed by atoms with Crippen molar-refractivity contribution in [2.75, 3.05) is 20.1 Å². The highest BCUT2D eigenvalue weighted by Crippen LogP contribution is 2.37. The van der Waals surface area contributed by atoms with E-state index in [-0.39, 0.29) is 12.3 Å². The van der Waals surface area contributed by atoms with Crippen LogP contribution in [0.1, 0.15) is 76.6 Å². The third-order valence-corrected chi connectivity index (χ3v) is 8.57. The van der Waals surface area contributed by atoms with Crippen LogP contribution in [0.2, 0.25) is 0 Å². The number of nitrogens with one attached hydrogen (secondary N) is 2. The van der Waals surface area contributed by atoms with Gasteiger partial charge in [0.15, 0.2) is 5.69 Å². The maximum absolute atomic E-state index is 14.3. The predicted octanol–water partition coefficient (Wildman–Crippen LogP) is 4.31. The van der Waals surface area contributed by atoms with Gasteiger partial charge in [-0.05, 0) is 76.2 Å². The van der Waals surface area contributed by atoms with Crippen LogP contribution < -0.4 is 5.32 Å². The van der Waals surface area contributed by atoms with E-state index in [9.17, 15) is 9.18 Å². The van der Waals surface area contributed by atoms with Crippen LogP contribution in [-0.2, 0) is 13.0 Å². The molecular weight excluding hydrogens is 505 g/mol. The van der Waals surface area contributed by atoms with E-state index in [1.165, 1.54) is 0 Å². The second kappa shape index (κ2) is 9.93. The summed E-state index contributed by atoms with van der Waals surface area (Å²) in [5, 5.41) is 9.05. The molecule has 2 N–H and O–H groups in total. The number of aromatic amines is 1. The van der Waals surface area contributed by atoms with Gasteiger partial charge in [0.05, 0.1) is 24.6 Å². The number of para-hydroxylation sites is 1. The number of H-pyrrole nitrogens is 1. The number of aromatic nitrogens is 5. The molecule has 2 atom stereocenters. The molecule has 9 heteroatoms. The minimum absolute atomic E-state index is 0.278. The lowest BCUT2D eigenvalue weighted by Crippen LogP contribution is -2.31. The number of carbonyl (C=O) groups excluding carboxylic acids is 1. The van der Waals surface area contributed by atoms with E-state index in [2.05, 4.69) is 39.1 Å². The van der Waals surface area contributed by atoms with Crippen LogP contribution in [0.3, 0.4) is 0 Å². The minimum atomic E-state index is -0.946. The van der Waals surface area contributed by atoms with E-state index in [1.807, 2.05) is 46.5 Å². The second-order valence-corrected chi connectivity index (χ2v) is 11.6. The summed E-state index contributed by atoms with van der Waals surface area (Å²) in [5.41, 5.74) is 5.30. The van der Waals surface area contributed by atoms with Gasteiger partial charge in [0, 0.05) is 34.8 Å². The maximum Gasteiger partial charge on any atom is 0.272 e. The van der Waals surface area contributed by atoms with Gasteiger partial charge in [-0.15, -0.1) is 0 Å². The largest absolute Gasteiger partial charge is 0.356 e.